The minimum Gasteiger partial charge on any atom is -0.356 e. The lowest BCUT2D eigenvalue weighted by molar-refractivity contribution is -0.126. The summed E-state index contributed by atoms with van der Waals surface area (Å²) in [5.74, 6) is 2.55. The summed E-state index contributed by atoms with van der Waals surface area (Å²) < 4.78 is 5.47. The molecule has 1 saturated heterocycles. The van der Waals surface area contributed by atoms with Gasteiger partial charge in [-0.05, 0) is 45.4 Å². The summed E-state index contributed by atoms with van der Waals surface area (Å²) >= 11 is 0. The summed E-state index contributed by atoms with van der Waals surface area (Å²) in [5, 5.41) is 7.32. The van der Waals surface area contributed by atoms with Crippen LogP contribution in [0.4, 0.5) is 5.95 Å². The Labute approximate surface area is 177 Å². The third kappa shape index (κ3) is 4.20. The second-order valence-electron chi connectivity index (χ2n) is 9.18. The number of piperidine rings is 1. The topological polar surface area (TPSA) is 84.2 Å². The fraction of sp³-hybridized carbons (Fsp3) is 0.652. The van der Waals surface area contributed by atoms with E-state index in [-0.39, 0.29) is 17.9 Å². The summed E-state index contributed by atoms with van der Waals surface area (Å²) in [6.45, 7) is 3.68. The van der Waals surface area contributed by atoms with Crippen molar-refractivity contribution in [3.63, 3.8) is 0 Å². The molecule has 2 aromatic rings. The molecule has 0 bridgehead atoms. The molecule has 160 valence electrons. The minimum absolute atomic E-state index is 0.230. The van der Waals surface area contributed by atoms with Gasteiger partial charge in [0.1, 0.15) is 0 Å². The second kappa shape index (κ2) is 8.36. The van der Waals surface area contributed by atoms with Gasteiger partial charge in [-0.25, -0.2) is 9.97 Å². The van der Waals surface area contributed by atoms with Gasteiger partial charge in [0.15, 0.2) is 5.76 Å². The average Bonchev–Trinajstić information content (AvgIpc) is 3.55. The van der Waals surface area contributed by atoms with E-state index in [1.165, 1.54) is 32.1 Å². The summed E-state index contributed by atoms with van der Waals surface area (Å²) in [7, 11) is 0. The molecule has 3 aliphatic rings. The molecular weight excluding hydrogens is 378 g/mol. The van der Waals surface area contributed by atoms with Crippen molar-refractivity contribution in [3.05, 3.63) is 23.7 Å². The first-order valence-electron chi connectivity index (χ1n) is 11.5. The van der Waals surface area contributed by atoms with Crippen molar-refractivity contribution >= 4 is 11.9 Å². The van der Waals surface area contributed by atoms with Crippen LogP contribution in [-0.4, -0.2) is 40.2 Å². The quantitative estimate of drug-likeness (QED) is 0.804. The molecule has 0 unspecified atom stereocenters. The number of carbonyl (C=O) groups is 1. The molecule has 3 fully saturated rings. The summed E-state index contributed by atoms with van der Waals surface area (Å²) in [4.78, 5) is 24.4. The van der Waals surface area contributed by atoms with Crippen LogP contribution in [0, 0.1) is 12.8 Å². The Morgan fingerprint density at radius 3 is 2.53 bits per heavy atom. The molecule has 7 heteroatoms. The van der Waals surface area contributed by atoms with E-state index >= 15 is 0 Å². The first-order valence-corrected chi connectivity index (χ1v) is 11.5. The molecule has 0 spiro atoms. The lowest BCUT2D eigenvalue weighted by Gasteiger charge is -2.33. The van der Waals surface area contributed by atoms with Crippen LogP contribution in [0.1, 0.15) is 75.1 Å². The largest absolute Gasteiger partial charge is 0.356 e. The van der Waals surface area contributed by atoms with Gasteiger partial charge >= 0.3 is 0 Å². The van der Waals surface area contributed by atoms with Gasteiger partial charge in [-0.2, -0.15) is 0 Å². The Morgan fingerprint density at radius 1 is 1.10 bits per heavy atom. The molecule has 7 nitrogen and oxygen atoms in total. The number of anilines is 1. The number of nitrogens with zero attached hydrogens (tertiary/aromatic N) is 4. The molecule has 3 heterocycles. The van der Waals surface area contributed by atoms with E-state index in [0.29, 0.717) is 5.92 Å². The molecule has 2 aliphatic carbocycles. The van der Waals surface area contributed by atoms with Crippen LogP contribution in [0.25, 0.3) is 11.3 Å². The van der Waals surface area contributed by atoms with Crippen molar-refractivity contribution in [2.24, 2.45) is 5.92 Å². The van der Waals surface area contributed by atoms with Crippen LogP contribution >= 0.6 is 0 Å². The molecule has 30 heavy (non-hydrogen) atoms. The zero-order chi connectivity index (χ0) is 20.5. The van der Waals surface area contributed by atoms with E-state index in [2.05, 4.69) is 20.4 Å². The van der Waals surface area contributed by atoms with E-state index in [0.717, 1.165) is 67.4 Å². The van der Waals surface area contributed by atoms with Crippen LogP contribution in [0.2, 0.25) is 0 Å². The van der Waals surface area contributed by atoms with E-state index < -0.39 is 0 Å². The van der Waals surface area contributed by atoms with Gasteiger partial charge in [-0.15, -0.1) is 0 Å². The van der Waals surface area contributed by atoms with Gasteiger partial charge in [0.25, 0.3) is 0 Å². The van der Waals surface area contributed by atoms with Crippen molar-refractivity contribution in [1.29, 1.82) is 0 Å². The molecule has 0 atom stereocenters. The number of nitrogens with one attached hydrogen (secondary N) is 1. The Hall–Kier alpha value is -2.44. The van der Waals surface area contributed by atoms with Crippen LogP contribution < -0.4 is 10.2 Å². The van der Waals surface area contributed by atoms with E-state index in [4.69, 9.17) is 9.51 Å². The third-order valence-electron chi connectivity index (χ3n) is 6.76. The first-order chi connectivity index (χ1) is 14.7. The number of aryl methyl sites for hydroxylation is 1. The van der Waals surface area contributed by atoms with Gasteiger partial charge in [-0.1, -0.05) is 24.4 Å². The lowest BCUT2D eigenvalue weighted by Crippen LogP contribution is -2.47. The van der Waals surface area contributed by atoms with Gasteiger partial charge < -0.3 is 14.7 Å². The smallest absolute Gasteiger partial charge is 0.225 e. The lowest BCUT2D eigenvalue weighted by atomic mass is 9.88. The summed E-state index contributed by atoms with van der Waals surface area (Å²) in [6.07, 6.45) is 11.9. The zero-order valence-electron chi connectivity index (χ0n) is 17.8. The molecule has 2 aromatic heterocycles. The highest BCUT2D eigenvalue weighted by molar-refractivity contribution is 5.79. The van der Waals surface area contributed by atoms with Gasteiger partial charge in [-0.3, -0.25) is 4.79 Å². The molecular formula is C23H31N5O2. The Morgan fingerprint density at radius 2 is 1.87 bits per heavy atom. The van der Waals surface area contributed by atoms with Crippen molar-refractivity contribution in [2.45, 2.75) is 76.7 Å². The fourth-order valence-corrected chi connectivity index (χ4v) is 4.79. The maximum absolute atomic E-state index is 12.6. The molecule has 1 aliphatic heterocycles. The van der Waals surface area contributed by atoms with Crippen molar-refractivity contribution in [2.75, 3.05) is 18.0 Å². The van der Waals surface area contributed by atoms with Crippen molar-refractivity contribution in [1.82, 2.24) is 20.4 Å². The maximum atomic E-state index is 12.6. The maximum Gasteiger partial charge on any atom is 0.225 e. The minimum atomic E-state index is 0.230. The normalized spacial score (nSPS) is 21.0. The molecule has 0 radical (unpaired) electrons. The number of amides is 1. The zero-order valence-corrected chi connectivity index (χ0v) is 17.8. The standard InChI is InChI=1S/C23H31N5O2/c1-15-13-20(30-27-15)19-14-24-23(26-21(19)16-7-8-16)28-11-9-18(10-12-28)25-22(29)17-5-3-2-4-6-17/h13-14,16-18H,2-12H2,1H3,(H,25,29). The predicted octanol–water partition coefficient (Wildman–Crippen LogP) is 3.98. The highest BCUT2D eigenvalue weighted by Crippen LogP contribution is 2.43. The van der Waals surface area contributed by atoms with Crippen LogP contribution in [0.15, 0.2) is 16.8 Å². The molecule has 1 amide bonds. The highest BCUT2D eigenvalue weighted by atomic mass is 16.5. The molecule has 1 N–H and O–H groups in total. The number of carbonyl (C=O) groups excluding carboxylic acids is 1. The van der Waals surface area contributed by atoms with E-state index in [1.807, 2.05) is 19.2 Å². The second-order valence-corrected chi connectivity index (χ2v) is 9.18. The monoisotopic (exact) mass is 409 g/mol. The highest BCUT2D eigenvalue weighted by Gasteiger charge is 2.31. The first kappa shape index (κ1) is 19.5. The molecule has 0 aromatic carbocycles. The Balaban J connectivity index is 1.23. The number of hydrogen-bond acceptors (Lipinski definition) is 6. The Bertz CT molecular complexity index is 893. The number of hydrogen-bond donors (Lipinski definition) is 1. The fourth-order valence-electron chi connectivity index (χ4n) is 4.79. The van der Waals surface area contributed by atoms with Gasteiger partial charge in [0.2, 0.25) is 11.9 Å². The summed E-state index contributed by atoms with van der Waals surface area (Å²) in [5.41, 5.74) is 2.92. The van der Waals surface area contributed by atoms with Gasteiger partial charge in [0, 0.05) is 43.2 Å². The Kier molecular flexibility index (Phi) is 5.44. The predicted molar refractivity (Wildman–Crippen MR) is 114 cm³/mol. The molecule has 5 rings (SSSR count). The van der Waals surface area contributed by atoms with Crippen molar-refractivity contribution < 1.29 is 9.32 Å². The molecule has 2 saturated carbocycles. The number of rotatable bonds is 5. The van der Waals surface area contributed by atoms with Crippen LogP contribution in [0.3, 0.4) is 0 Å². The summed E-state index contributed by atoms with van der Waals surface area (Å²) in [6, 6.07) is 2.22. The SMILES string of the molecule is Cc1cc(-c2cnc(N3CCC(NC(=O)C4CCCCC4)CC3)nc2C2CC2)on1. The van der Waals surface area contributed by atoms with Crippen LogP contribution in [-0.2, 0) is 4.79 Å². The number of aromatic nitrogens is 3. The van der Waals surface area contributed by atoms with Gasteiger partial charge in [0.05, 0.1) is 17.0 Å². The average molecular weight is 410 g/mol. The van der Waals surface area contributed by atoms with Crippen molar-refractivity contribution in [3.8, 4) is 11.3 Å². The van der Waals surface area contributed by atoms with E-state index in [9.17, 15) is 4.79 Å². The third-order valence-corrected chi connectivity index (χ3v) is 6.76. The van der Waals surface area contributed by atoms with Crippen LogP contribution in [0.5, 0.6) is 0 Å². The van der Waals surface area contributed by atoms with E-state index in [1.54, 1.807) is 0 Å².